The van der Waals surface area contributed by atoms with E-state index in [9.17, 15) is 4.79 Å². The molecule has 6 heteroatoms. The summed E-state index contributed by atoms with van der Waals surface area (Å²) in [6, 6.07) is 8.20. The highest BCUT2D eigenvalue weighted by atomic mass is 16.5. The molecule has 2 heterocycles. The van der Waals surface area contributed by atoms with Crippen LogP contribution in [-0.2, 0) is 6.54 Å². The first-order chi connectivity index (χ1) is 11.6. The number of nitrogens with zero attached hydrogens (tertiary/aromatic N) is 4. The quantitative estimate of drug-likeness (QED) is 0.865. The zero-order valence-electron chi connectivity index (χ0n) is 14.5. The lowest BCUT2D eigenvalue weighted by atomic mass is 10.00. The van der Waals surface area contributed by atoms with Gasteiger partial charge in [-0.05, 0) is 31.2 Å². The van der Waals surface area contributed by atoms with Crippen molar-refractivity contribution in [1.82, 2.24) is 19.9 Å². The number of hydrogen-bond acceptors (Lipinski definition) is 4. The molecule has 2 aromatic rings. The topological polar surface area (TPSA) is 60.2 Å². The standard InChI is InChI=1S/C18H24N4O2/c1-13-6-8-15(9-7-13)12-22-18(24-3)16(19-20-22)17(23)21-10-4-5-14(2)11-21/h6-9,14H,4-5,10-12H2,1-3H3/t14-/m0/s1. The Hall–Kier alpha value is -2.37. The fourth-order valence-corrected chi connectivity index (χ4v) is 3.13. The van der Waals surface area contributed by atoms with Gasteiger partial charge in [-0.25, -0.2) is 4.68 Å². The van der Waals surface area contributed by atoms with E-state index in [1.165, 1.54) is 12.0 Å². The van der Waals surface area contributed by atoms with E-state index in [4.69, 9.17) is 4.74 Å². The number of benzene rings is 1. The van der Waals surface area contributed by atoms with Gasteiger partial charge in [0.25, 0.3) is 5.91 Å². The number of hydrogen-bond donors (Lipinski definition) is 0. The molecule has 1 aromatic heterocycles. The molecule has 1 amide bonds. The van der Waals surface area contributed by atoms with Gasteiger partial charge >= 0.3 is 0 Å². The number of rotatable bonds is 4. The molecule has 1 saturated heterocycles. The fraction of sp³-hybridized carbons (Fsp3) is 0.500. The highest BCUT2D eigenvalue weighted by Crippen LogP contribution is 2.22. The fourth-order valence-electron chi connectivity index (χ4n) is 3.13. The number of amides is 1. The van der Waals surface area contributed by atoms with Gasteiger partial charge in [0.15, 0.2) is 0 Å². The predicted octanol–water partition coefficient (Wildman–Crippen LogP) is 2.52. The monoisotopic (exact) mass is 328 g/mol. The second kappa shape index (κ2) is 7.03. The van der Waals surface area contributed by atoms with Crippen LogP contribution in [0, 0.1) is 12.8 Å². The average molecular weight is 328 g/mol. The Morgan fingerprint density at radius 2 is 2.08 bits per heavy atom. The summed E-state index contributed by atoms with van der Waals surface area (Å²) in [4.78, 5) is 14.6. The molecule has 24 heavy (non-hydrogen) atoms. The Labute approximate surface area is 142 Å². The summed E-state index contributed by atoms with van der Waals surface area (Å²) in [5.41, 5.74) is 2.60. The van der Waals surface area contributed by atoms with Crippen molar-refractivity contribution in [3.05, 3.63) is 41.1 Å². The molecular weight excluding hydrogens is 304 g/mol. The lowest BCUT2D eigenvalue weighted by molar-refractivity contribution is 0.0673. The van der Waals surface area contributed by atoms with Gasteiger partial charge in [0.1, 0.15) is 0 Å². The van der Waals surface area contributed by atoms with Gasteiger partial charge in [-0.15, -0.1) is 5.10 Å². The first-order valence-electron chi connectivity index (χ1n) is 8.40. The van der Waals surface area contributed by atoms with Gasteiger partial charge in [0, 0.05) is 13.1 Å². The highest BCUT2D eigenvalue weighted by molar-refractivity contribution is 5.94. The number of carbonyl (C=O) groups excluding carboxylic acids is 1. The molecular formula is C18H24N4O2. The summed E-state index contributed by atoms with van der Waals surface area (Å²) in [6.45, 7) is 6.30. The summed E-state index contributed by atoms with van der Waals surface area (Å²) >= 11 is 0. The number of likely N-dealkylation sites (tertiary alicyclic amines) is 1. The van der Waals surface area contributed by atoms with Crippen LogP contribution < -0.4 is 4.74 Å². The van der Waals surface area contributed by atoms with E-state index in [2.05, 4.69) is 36.3 Å². The van der Waals surface area contributed by atoms with Gasteiger partial charge < -0.3 is 9.64 Å². The zero-order valence-corrected chi connectivity index (χ0v) is 14.5. The third-order valence-electron chi connectivity index (χ3n) is 4.48. The number of aryl methyl sites for hydroxylation is 1. The van der Waals surface area contributed by atoms with Crippen molar-refractivity contribution >= 4 is 5.91 Å². The number of aromatic nitrogens is 3. The van der Waals surface area contributed by atoms with Gasteiger partial charge in [-0.1, -0.05) is 42.0 Å². The molecule has 0 saturated carbocycles. The second-order valence-corrected chi connectivity index (χ2v) is 6.59. The van der Waals surface area contributed by atoms with Crippen LogP contribution in [0.15, 0.2) is 24.3 Å². The molecule has 3 rings (SSSR count). The predicted molar refractivity (Wildman–Crippen MR) is 91.2 cm³/mol. The maximum atomic E-state index is 12.8. The minimum Gasteiger partial charge on any atom is -0.479 e. The Bertz CT molecular complexity index is 708. The van der Waals surface area contributed by atoms with E-state index < -0.39 is 0 Å². The van der Waals surface area contributed by atoms with E-state index in [0.29, 0.717) is 24.0 Å². The molecule has 0 aliphatic carbocycles. The van der Waals surface area contributed by atoms with E-state index in [-0.39, 0.29) is 5.91 Å². The second-order valence-electron chi connectivity index (χ2n) is 6.59. The van der Waals surface area contributed by atoms with Crippen molar-refractivity contribution in [2.75, 3.05) is 20.2 Å². The third kappa shape index (κ3) is 3.42. The minimum atomic E-state index is -0.0893. The number of carbonyl (C=O) groups is 1. The van der Waals surface area contributed by atoms with Crippen LogP contribution in [0.5, 0.6) is 5.88 Å². The van der Waals surface area contributed by atoms with Gasteiger partial charge in [0.05, 0.1) is 13.7 Å². The summed E-state index contributed by atoms with van der Waals surface area (Å²) in [7, 11) is 1.56. The smallest absolute Gasteiger partial charge is 0.280 e. The minimum absolute atomic E-state index is 0.0893. The summed E-state index contributed by atoms with van der Waals surface area (Å²) in [5.74, 6) is 0.864. The van der Waals surface area contributed by atoms with E-state index in [1.807, 2.05) is 17.0 Å². The summed E-state index contributed by atoms with van der Waals surface area (Å²) in [5, 5.41) is 8.23. The van der Waals surface area contributed by atoms with Crippen molar-refractivity contribution in [2.45, 2.75) is 33.2 Å². The SMILES string of the molecule is COc1c(C(=O)N2CCC[C@H](C)C2)nnn1Cc1ccc(C)cc1. The molecule has 0 N–H and O–H groups in total. The maximum absolute atomic E-state index is 12.8. The van der Waals surface area contributed by atoms with E-state index in [1.54, 1.807) is 11.8 Å². The van der Waals surface area contributed by atoms with Crippen LogP contribution in [0.25, 0.3) is 0 Å². The molecule has 128 valence electrons. The molecule has 1 aliphatic rings. The molecule has 0 radical (unpaired) electrons. The van der Waals surface area contributed by atoms with E-state index in [0.717, 1.165) is 25.1 Å². The Morgan fingerprint density at radius 1 is 1.33 bits per heavy atom. The van der Waals surface area contributed by atoms with Crippen molar-refractivity contribution in [3.8, 4) is 5.88 Å². The van der Waals surface area contributed by atoms with Crippen LogP contribution in [0.3, 0.4) is 0 Å². The maximum Gasteiger partial charge on any atom is 0.280 e. The molecule has 1 aliphatic heterocycles. The summed E-state index contributed by atoms with van der Waals surface area (Å²) < 4.78 is 7.09. The van der Waals surface area contributed by atoms with Crippen LogP contribution in [0.1, 0.15) is 41.4 Å². The van der Waals surface area contributed by atoms with Crippen molar-refractivity contribution in [3.63, 3.8) is 0 Å². The first kappa shape index (κ1) is 16.5. The lowest BCUT2D eigenvalue weighted by Gasteiger charge is -2.30. The van der Waals surface area contributed by atoms with Crippen LogP contribution in [0.4, 0.5) is 0 Å². The molecule has 0 unspecified atom stereocenters. The molecule has 1 fully saturated rings. The van der Waals surface area contributed by atoms with Gasteiger partial charge in [-0.3, -0.25) is 4.79 Å². The highest BCUT2D eigenvalue weighted by Gasteiger charge is 2.28. The Morgan fingerprint density at radius 3 is 2.75 bits per heavy atom. The number of piperidine rings is 1. The Kier molecular flexibility index (Phi) is 4.83. The third-order valence-corrected chi connectivity index (χ3v) is 4.48. The van der Waals surface area contributed by atoms with Crippen molar-refractivity contribution in [1.29, 1.82) is 0 Å². The van der Waals surface area contributed by atoms with Gasteiger partial charge in [-0.2, -0.15) is 0 Å². The Balaban J connectivity index is 1.81. The molecule has 0 bridgehead atoms. The summed E-state index contributed by atoms with van der Waals surface area (Å²) in [6.07, 6.45) is 2.20. The van der Waals surface area contributed by atoms with E-state index >= 15 is 0 Å². The molecule has 1 aromatic carbocycles. The van der Waals surface area contributed by atoms with Crippen molar-refractivity contribution < 1.29 is 9.53 Å². The normalized spacial score (nSPS) is 17.8. The first-order valence-corrected chi connectivity index (χ1v) is 8.40. The molecule has 1 atom stereocenters. The number of ether oxygens (including phenoxy) is 1. The largest absolute Gasteiger partial charge is 0.479 e. The average Bonchev–Trinajstić information content (AvgIpc) is 2.98. The van der Waals surface area contributed by atoms with Crippen molar-refractivity contribution in [2.24, 2.45) is 5.92 Å². The molecule has 0 spiro atoms. The van der Waals surface area contributed by atoms with Crippen LogP contribution in [-0.4, -0.2) is 46.0 Å². The number of methoxy groups -OCH3 is 1. The van der Waals surface area contributed by atoms with Gasteiger partial charge in [0.2, 0.25) is 11.6 Å². The van der Waals surface area contributed by atoms with Crippen LogP contribution >= 0.6 is 0 Å². The molecule has 6 nitrogen and oxygen atoms in total. The lowest BCUT2D eigenvalue weighted by Crippen LogP contribution is -2.39. The zero-order chi connectivity index (χ0) is 17.1. The van der Waals surface area contributed by atoms with Crippen LogP contribution in [0.2, 0.25) is 0 Å².